The lowest BCUT2D eigenvalue weighted by Gasteiger charge is -2.15. The second kappa shape index (κ2) is 5.76. The van der Waals surface area contributed by atoms with E-state index >= 15 is 0 Å². The number of aryl methyl sites for hydroxylation is 1. The molecule has 5 nitrogen and oxygen atoms in total. The van der Waals surface area contributed by atoms with E-state index < -0.39 is 0 Å². The van der Waals surface area contributed by atoms with Crippen LogP contribution in [0.3, 0.4) is 0 Å². The second-order valence-electron chi connectivity index (χ2n) is 5.71. The SMILES string of the molecule is C[C@@H](CCn1cccn1)n1ccnc1-c1cc2ccccc2o1. The maximum atomic E-state index is 5.95. The summed E-state index contributed by atoms with van der Waals surface area (Å²) in [6.45, 7) is 3.07. The van der Waals surface area contributed by atoms with Gasteiger partial charge in [0.15, 0.2) is 11.6 Å². The van der Waals surface area contributed by atoms with Crippen molar-refractivity contribution < 1.29 is 4.42 Å². The Hall–Kier alpha value is -2.82. The van der Waals surface area contributed by atoms with Gasteiger partial charge in [-0.15, -0.1) is 0 Å². The van der Waals surface area contributed by atoms with Gasteiger partial charge in [-0.05, 0) is 31.5 Å². The molecule has 23 heavy (non-hydrogen) atoms. The standard InChI is InChI=1S/C18H18N4O/c1-14(7-11-21-10-4-8-20-21)22-12-9-19-18(22)17-13-15-5-2-3-6-16(15)23-17/h2-6,8-10,12-14H,7,11H2,1H3/t14-/m0/s1. The molecule has 0 spiro atoms. The Morgan fingerprint density at radius 1 is 1.13 bits per heavy atom. The van der Waals surface area contributed by atoms with Crippen LogP contribution in [0.2, 0.25) is 0 Å². The zero-order valence-electron chi connectivity index (χ0n) is 13.0. The van der Waals surface area contributed by atoms with Crippen LogP contribution in [0.25, 0.3) is 22.6 Å². The van der Waals surface area contributed by atoms with Crippen molar-refractivity contribution in [2.45, 2.75) is 25.9 Å². The first-order valence-corrected chi connectivity index (χ1v) is 7.80. The molecule has 1 aromatic carbocycles. The summed E-state index contributed by atoms with van der Waals surface area (Å²) in [6.07, 6.45) is 8.61. The highest BCUT2D eigenvalue weighted by molar-refractivity contribution is 5.81. The molecule has 1 atom stereocenters. The fraction of sp³-hybridized carbons (Fsp3) is 0.222. The number of rotatable bonds is 5. The summed E-state index contributed by atoms with van der Waals surface area (Å²) in [7, 11) is 0. The molecule has 0 fully saturated rings. The lowest BCUT2D eigenvalue weighted by molar-refractivity contribution is 0.446. The maximum Gasteiger partial charge on any atom is 0.176 e. The Balaban J connectivity index is 1.59. The Labute approximate surface area is 134 Å². The van der Waals surface area contributed by atoms with Crippen LogP contribution in [-0.4, -0.2) is 19.3 Å². The van der Waals surface area contributed by atoms with E-state index in [1.165, 1.54) is 0 Å². The first-order chi connectivity index (χ1) is 11.3. The predicted octanol–water partition coefficient (Wildman–Crippen LogP) is 4.14. The Morgan fingerprint density at radius 2 is 2.04 bits per heavy atom. The molecule has 0 saturated heterocycles. The molecule has 0 bridgehead atoms. The van der Waals surface area contributed by atoms with Gasteiger partial charge in [0, 0.05) is 42.8 Å². The van der Waals surface area contributed by atoms with Crippen molar-refractivity contribution in [2.24, 2.45) is 0 Å². The normalized spacial score (nSPS) is 12.7. The summed E-state index contributed by atoms with van der Waals surface area (Å²) in [6, 6.07) is 12.3. The van der Waals surface area contributed by atoms with Crippen molar-refractivity contribution in [3.8, 4) is 11.6 Å². The number of aromatic nitrogens is 4. The summed E-state index contributed by atoms with van der Waals surface area (Å²) in [5.41, 5.74) is 0.890. The number of imidazole rings is 1. The molecule has 0 saturated carbocycles. The highest BCUT2D eigenvalue weighted by Crippen LogP contribution is 2.28. The van der Waals surface area contributed by atoms with Gasteiger partial charge in [0.2, 0.25) is 0 Å². The summed E-state index contributed by atoms with van der Waals surface area (Å²) in [5, 5.41) is 5.35. The van der Waals surface area contributed by atoms with Gasteiger partial charge in [-0.25, -0.2) is 4.98 Å². The average molecular weight is 306 g/mol. The van der Waals surface area contributed by atoms with E-state index in [1.807, 2.05) is 59.8 Å². The molecule has 3 aromatic heterocycles. The van der Waals surface area contributed by atoms with Crippen molar-refractivity contribution >= 4 is 11.0 Å². The summed E-state index contributed by atoms with van der Waals surface area (Å²) >= 11 is 0. The molecule has 0 aliphatic heterocycles. The molecule has 0 aliphatic rings. The highest BCUT2D eigenvalue weighted by atomic mass is 16.3. The number of nitrogens with zero attached hydrogens (tertiary/aromatic N) is 4. The fourth-order valence-corrected chi connectivity index (χ4v) is 2.84. The number of fused-ring (bicyclic) bond motifs is 1. The average Bonchev–Trinajstić information content (AvgIpc) is 3.31. The second-order valence-corrected chi connectivity index (χ2v) is 5.71. The molecule has 5 heteroatoms. The minimum absolute atomic E-state index is 0.310. The van der Waals surface area contributed by atoms with Crippen molar-refractivity contribution in [3.05, 3.63) is 61.2 Å². The monoisotopic (exact) mass is 306 g/mol. The molecule has 0 N–H and O–H groups in total. The van der Waals surface area contributed by atoms with Crippen LogP contribution in [0.5, 0.6) is 0 Å². The smallest absolute Gasteiger partial charge is 0.176 e. The number of furan rings is 1. The number of hydrogen-bond acceptors (Lipinski definition) is 3. The third-order valence-corrected chi connectivity index (χ3v) is 4.12. The van der Waals surface area contributed by atoms with Crippen LogP contribution in [-0.2, 0) is 6.54 Å². The quantitative estimate of drug-likeness (QED) is 0.556. The number of para-hydroxylation sites is 1. The van der Waals surface area contributed by atoms with Crippen LogP contribution < -0.4 is 0 Å². The van der Waals surface area contributed by atoms with Gasteiger partial charge in [0.1, 0.15) is 5.58 Å². The molecule has 0 radical (unpaired) electrons. The van der Waals surface area contributed by atoms with Crippen molar-refractivity contribution in [3.63, 3.8) is 0 Å². The lowest BCUT2D eigenvalue weighted by atomic mass is 10.2. The van der Waals surface area contributed by atoms with Gasteiger partial charge in [-0.3, -0.25) is 4.68 Å². The molecule has 3 heterocycles. The minimum atomic E-state index is 0.310. The van der Waals surface area contributed by atoms with Crippen LogP contribution in [0.1, 0.15) is 19.4 Å². The highest BCUT2D eigenvalue weighted by Gasteiger charge is 2.15. The molecule has 116 valence electrons. The molecule has 4 aromatic rings. The van der Waals surface area contributed by atoms with Gasteiger partial charge in [0.25, 0.3) is 0 Å². The Bertz CT molecular complexity index is 871. The van der Waals surface area contributed by atoms with Crippen molar-refractivity contribution in [2.75, 3.05) is 0 Å². The lowest BCUT2D eigenvalue weighted by Crippen LogP contribution is -2.10. The van der Waals surface area contributed by atoms with Gasteiger partial charge in [-0.1, -0.05) is 18.2 Å². The van der Waals surface area contributed by atoms with Crippen LogP contribution >= 0.6 is 0 Å². The topological polar surface area (TPSA) is 48.8 Å². The van der Waals surface area contributed by atoms with E-state index in [1.54, 1.807) is 0 Å². The zero-order valence-corrected chi connectivity index (χ0v) is 13.0. The van der Waals surface area contributed by atoms with Gasteiger partial charge < -0.3 is 8.98 Å². The Morgan fingerprint density at radius 3 is 2.87 bits per heavy atom. The van der Waals surface area contributed by atoms with E-state index in [2.05, 4.69) is 27.6 Å². The van der Waals surface area contributed by atoms with Gasteiger partial charge >= 0.3 is 0 Å². The summed E-state index contributed by atoms with van der Waals surface area (Å²) < 4.78 is 10.1. The van der Waals surface area contributed by atoms with Crippen molar-refractivity contribution in [1.29, 1.82) is 0 Å². The summed E-state index contributed by atoms with van der Waals surface area (Å²) in [5.74, 6) is 1.68. The van der Waals surface area contributed by atoms with E-state index in [0.717, 1.165) is 35.5 Å². The largest absolute Gasteiger partial charge is 0.453 e. The first kappa shape index (κ1) is 13.8. The number of benzene rings is 1. The summed E-state index contributed by atoms with van der Waals surface area (Å²) in [4.78, 5) is 4.49. The predicted molar refractivity (Wildman–Crippen MR) is 89.0 cm³/mol. The van der Waals surface area contributed by atoms with Gasteiger partial charge in [0.05, 0.1) is 0 Å². The zero-order chi connectivity index (χ0) is 15.6. The molecule has 0 unspecified atom stereocenters. The third-order valence-electron chi connectivity index (χ3n) is 4.12. The van der Waals surface area contributed by atoms with Gasteiger partial charge in [-0.2, -0.15) is 5.10 Å². The van der Waals surface area contributed by atoms with Crippen LogP contribution in [0.4, 0.5) is 0 Å². The van der Waals surface area contributed by atoms with E-state index in [9.17, 15) is 0 Å². The first-order valence-electron chi connectivity index (χ1n) is 7.80. The van der Waals surface area contributed by atoms with Crippen LogP contribution in [0.15, 0.2) is 65.6 Å². The van der Waals surface area contributed by atoms with Crippen molar-refractivity contribution in [1.82, 2.24) is 19.3 Å². The molecule has 0 aliphatic carbocycles. The molecule has 0 amide bonds. The molecule has 4 rings (SSSR count). The number of hydrogen-bond donors (Lipinski definition) is 0. The minimum Gasteiger partial charge on any atom is -0.453 e. The van der Waals surface area contributed by atoms with Crippen LogP contribution in [0, 0.1) is 0 Å². The third kappa shape index (κ3) is 2.65. The Kier molecular flexibility index (Phi) is 3.46. The fourth-order valence-electron chi connectivity index (χ4n) is 2.84. The maximum absolute atomic E-state index is 5.95. The molecular weight excluding hydrogens is 288 g/mol. The van der Waals surface area contributed by atoms with E-state index in [0.29, 0.717) is 6.04 Å². The molecular formula is C18H18N4O. The van der Waals surface area contributed by atoms with E-state index in [-0.39, 0.29) is 0 Å². The van der Waals surface area contributed by atoms with E-state index in [4.69, 9.17) is 4.42 Å².